The predicted octanol–water partition coefficient (Wildman–Crippen LogP) is 2.69. The molecule has 3 rings (SSSR count). The number of rotatable bonds is 12. The van der Waals surface area contributed by atoms with Crippen molar-refractivity contribution in [2.45, 2.75) is 45.4 Å². The van der Waals surface area contributed by atoms with E-state index in [1.54, 1.807) is 0 Å². The standard InChI is InChI=1S/C25H30F2N4O5S/c1-4-16-6-5-7-17(8-16)13-28-14-22(32)21(11-18-9-19(26)12-20(27)10-18)30-24(33)23-15(2)29-25(36-23)31-37(3,34)35/h5-10,12,21-22,28,32H,4,11,13-14H2,1-3H3,(H,29,31)(H,30,33)/t21-,22+/m0/s1. The number of nitrogens with one attached hydrogen (secondary N) is 3. The van der Waals surface area contributed by atoms with Gasteiger partial charge in [-0.1, -0.05) is 31.2 Å². The second kappa shape index (κ2) is 12.3. The van der Waals surface area contributed by atoms with Gasteiger partial charge in [0.1, 0.15) is 11.6 Å². The van der Waals surface area contributed by atoms with Crippen molar-refractivity contribution in [3.63, 3.8) is 0 Å². The Morgan fingerprint density at radius 1 is 1.11 bits per heavy atom. The third-order valence-corrected chi connectivity index (χ3v) is 6.06. The average molecular weight is 537 g/mol. The number of hydrogen-bond donors (Lipinski definition) is 4. The van der Waals surface area contributed by atoms with Gasteiger partial charge >= 0.3 is 6.01 Å². The van der Waals surface area contributed by atoms with Gasteiger partial charge in [0.15, 0.2) is 0 Å². The molecule has 0 spiro atoms. The number of sulfonamides is 1. The summed E-state index contributed by atoms with van der Waals surface area (Å²) in [6, 6.07) is 9.56. The Hall–Kier alpha value is -3.35. The van der Waals surface area contributed by atoms with E-state index >= 15 is 0 Å². The molecule has 0 unspecified atom stereocenters. The second-order valence-corrected chi connectivity index (χ2v) is 10.5. The molecule has 1 aromatic heterocycles. The number of aliphatic hydroxyl groups excluding tert-OH is 1. The van der Waals surface area contributed by atoms with Crippen LogP contribution in [0.25, 0.3) is 0 Å². The predicted molar refractivity (Wildman–Crippen MR) is 135 cm³/mol. The number of aliphatic hydroxyl groups is 1. The van der Waals surface area contributed by atoms with Gasteiger partial charge in [0.25, 0.3) is 5.91 Å². The normalized spacial score (nSPS) is 13.2. The molecule has 2 aromatic carbocycles. The fourth-order valence-electron chi connectivity index (χ4n) is 3.78. The highest BCUT2D eigenvalue weighted by atomic mass is 32.2. The first-order chi connectivity index (χ1) is 17.4. The van der Waals surface area contributed by atoms with Crippen molar-refractivity contribution < 1.29 is 31.5 Å². The molecule has 1 heterocycles. The molecule has 37 heavy (non-hydrogen) atoms. The number of aromatic nitrogens is 1. The highest BCUT2D eigenvalue weighted by Gasteiger charge is 2.26. The van der Waals surface area contributed by atoms with Gasteiger partial charge in [-0.25, -0.2) is 21.9 Å². The molecule has 0 aliphatic heterocycles. The number of halogens is 2. The van der Waals surface area contributed by atoms with Crippen molar-refractivity contribution in [2.75, 3.05) is 17.5 Å². The summed E-state index contributed by atoms with van der Waals surface area (Å²) in [4.78, 5) is 16.8. The van der Waals surface area contributed by atoms with Crippen LogP contribution in [0.4, 0.5) is 14.8 Å². The number of hydrogen-bond acceptors (Lipinski definition) is 7. The summed E-state index contributed by atoms with van der Waals surface area (Å²) < 4.78 is 57.7. The molecule has 0 bridgehead atoms. The Morgan fingerprint density at radius 3 is 2.43 bits per heavy atom. The minimum atomic E-state index is -3.69. The maximum absolute atomic E-state index is 13.8. The molecule has 2 atom stereocenters. The van der Waals surface area contributed by atoms with E-state index in [9.17, 15) is 27.1 Å². The van der Waals surface area contributed by atoms with Gasteiger partial charge in [0.05, 0.1) is 24.1 Å². The average Bonchev–Trinajstić information content (AvgIpc) is 3.16. The van der Waals surface area contributed by atoms with Crippen molar-refractivity contribution in [2.24, 2.45) is 0 Å². The van der Waals surface area contributed by atoms with Gasteiger partial charge in [0, 0.05) is 19.2 Å². The van der Waals surface area contributed by atoms with Crippen LogP contribution in [-0.4, -0.2) is 49.4 Å². The number of nitrogens with zero attached hydrogens (tertiary/aromatic N) is 1. The van der Waals surface area contributed by atoms with Crippen LogP contribution < -0.4 is 15.4 Å². The van der Waals surface area contributed by atoms with Gasteiger partial charge in [-0.05, 0) is 48.6 Å². The largest absolute Gasteiger partial charge is 0.417 e. The lowest BCUT2D eigenvalue weighted by Crippen LogP contribution is -2.48. The van der Waals surface area contributed by atoms with Crippen molar-refractivity contribution >= 4 is 21.9 Å². The molecule has 0 aliphatic carbocycles. The summed E-state index contributed by atoms with van der Waals surface area (Å²) >= 11 is 0. The summed E-state index contributed by atoms with van der Waals surface area (Å²) in [7, 11) is -3.69. The highest BCUT2D eigenvalue weighted by Crippen LogP contribution is 2.17. The minimum absolute atomic E-state index is 0.0648. The number of anilines is 1. The molecular weight excluding hydrogens is 506 g/mol. The fourth-order valence-corrected chi connectivity index (χ4v) is 4.18. The van der Waals surface area contributed by atoms with Crippen LogP contribution >= 0.6 is 0 Å². The van der Waals surface area contributed by atoms with Gasteiger partial charge < -0.3 is 20.2 Å². The lowest BCUT2D eigenvalue weighted by molar-refractivity contribution is 0.0805. The third-order valence-electron chi connectivity index (χ3n) is 5.52. The van der Waals surface area contributed by atoms with Crippen LogP contribution in [0, 0.1) is 18.6 Å². The van der Waals surface area contributed by atoms with E-state index in [0.717, 1.165) is 36.4 Å². The molecule has 12 heteroatoms. The molecule has 0 fully saturated rings. The van der Waals surface area contributed by atoms with E-state index < -0.39 is 39.7 Å². The third kappa shape index (κ3) is 8.62. The lowest BCUT2D eigenvalue weighted by Gasteiger charge is -2.24. The molecule has 9 nitrogen and oxygen atoms in total. The fraction of sp³-hybridized carbons (Fsp3) is 0.360. The zero-order chi connectivity index (χ0) is 27.2. The zero-order valence-electron chi connectivity index (χ0n) is 20.7. The van der Waals surface area contributed by atoms with Crippen molar-refractivity contribution in [1.82, 2.24) is 15.6 Å². The summed E-state index contributed by atoms with van der Waals surface area (Å²) in [5.41, 5.74) is 2.53. The van der Waals surface area contributed by atoms with Crippen molar-refractivity contribution in [1.29, 1.82) is 0 Å². The quantitative estimate of drug-likeness (QED) is 0.280. The van der Waals surface area contributed by atoms with Crippen LogP contribution in [0.3, 0.4) is 0 Å². The Kier molecular flexibility index (Phi) is 9.35. The second-order valence-electron chi connectivity index (χ2n) is 8.74. The lowest BCUT2D eigenvalue weighted by atomic mass is 10.00. The Bertz CT molecular complexity index is 1330. The van der Waals surface area contributed by atoms with Crippen LogP contribution in [0.1, 0.15) is 39.9 Å². The number of oxazole rings is 1. The highest BCUT2D eigenvalue weighted by molar-refractivity contribution is 7.91. The van der Waals surface area contributed by atoms with Crippen LogP contribution in [0.5, 0.6) is 0 Å². The maximum Gasteiger partial charge on any atom is 0.309 e. The van der Waals surface area contributed by atoms with E-state index in [4.69, 9.17) is 4.42 Å². The molecule has 0 saturated heterocycles. The summed E-state index contributed by atoms with van der Waals surface area (Å²) in [5.74, 6) is -2.61. The van der Waals surface area contributed by atoms with Crippen LogP contribution in [0.15, 0.2) is 46.9 Å². The summed E-state index contributed by atoms with van der Waals surface area (Å²) in [6.07, 6.45) is 0.553. The topological polar surface area (TPSA) is 134 Å². The van der Waals surface area contributed by atoms with Gasteiger partial charge in [-0.3, -0.25) is 4.79 Å². The Labute approximate surface area is 214 Å². The monoisotopic (exact) mass is 536 g/mol. The first kappa shape index (κ1) is 28.2. The van der Waals surface area contributed by atoms with Gasteiger partial charge in [-0.15, -0.1) is 0 Å². The van der Waals surface area contributed by atoms with Crippen molar-refractivity contribution in [3.8, 4) is 0 Å². The molecule has 0 radical (unpaired) electrons. The number of amides is 1. The minimum Gasteiger partial charge on any atom is -0.417 e. The number of benzene rings is 2. The van der Waals surface area contributed by atoms with E-state index in [1.807, 2.05) is 29.0 Å². The van der Waals surface area contributed by atoms with E-state index in [0.29, 0.717) is 6.54 Å². The first-order valence-corrected chi connectivity index (χ1v) is 13.5. The van der Waals surface area contributed by atoms with Crippen LogP contribution in [-0.2, 0) is 29.4 Å². The number of carbonyl (C=O) groups is 1. The molecule has 4 N–H and O–H groups in total. The molecule has 0 saturated carbocycles. The number of aryl methyl sites for hydroxylation is 2. The summed E-state index contributed by atoms with van der Waals surface area (Å²) in [6.45, 7) is 4.03. The first-order valence-electron chi connectivity index (χ1n) is 11.6. The summed E-state index contributed by atoms with van der Waals surface area (Å²) in [5, 5.41) is 16.7. The SMILES string of the molecule is CCc1cccc(CNC[C@@H](O)[C@H](Cc2cc(F)cc(F)c2)NC(=O)c2oc(NS(C)(=O)=O)nc2C)c1. The van der Waals surface area contributed by atoms with Crippen LogP contribution in [0.2, 0.25) is 0 Å². The Morgan fingerprint density at radius 2 is 1.78 bits per heavy atom. The zero-order valence-corrected chi connectivity index (χ0v) is 21.5. The molecule has 200 valence electrons. The van der Waals surface area contributed by atoms with Gasteiger partial charge in [-0.2, -0.15) is 4.98 Å². The van der Waals surface area contributed by atoms with E-state index in [2.05, 4.69) is 22.5 Å². The van der Waals surface area contributed by atoms with Crippen molar-refractivity contribution in [3.05, 3.63) is 82.2 Å². The number of carbonyl (C=O) groups excluding carboxylic acids is 1. The molecule has 0 aliphatic rings. The maximum atomic E-state index is 13.8. The molecule has 1 amide bonds. The molecular formula is C25H30F2N4O5S. The van der Waals surface area contributed by atoms with E-state index in [-0.39, 0.29) is 36.0 Å². The van der Waals surface area contributed by atoms with E-state index in [1.165, 1.54) is 12.5 Å². The Balaban J connectivity index is 1.75. The van der Waals surface area contributed by atoms with Gasteiger partial charge in [0.2, 0.25) is 15.8 Å². The molecule has 3 aromatic rings. The smallest absolute Gasteiger partial charge is 0.309 e.